The highest BCUT2D eigenvalue weighted by atomic mass is 16.5. The summed E-state index contributed by atoms with van der Waals surface area (Å²) < 4.78 is 6.30. The fraction of sp³-hybridized carbons (Fsp3) is 0.714. The van der Waals surface area contributed by atoms with Gasteiger partial charge in [-0.2, -0.15) is 0 Å². The monoisotopic (exact) mass is 371 g/mol. The van der Waals surface area contributed by atoms with E-state index < -0.39 is 0 Å². The average Bonchev–Trinajstić information content (AvgIpc) is 3.11. The summed E-state index contributed by atoms with van der Waals surface area (Å²) in [6.07, 6.45) is 5.50. The van der Waals surface area contributed by atoms with Gasteiger partial charge in [0.05, 0.1) is 6.17 Å². The molecular formula is C21H36BN4O. The van der Waals surface area contributed by atoms with E-state index in [1.807, 2.05) is 7.05 Å². The third-order valence-electron chi connectivity index (χ3n) is 5.90. The molecule has 0 bridgehead atoms. The molecule has 0 spiro atoms. The van der Waals surface area contributed by atoms with Crippen LogP contribution in [0.5, 0.6) is 5.75 Å². The minimum atomic E-state index is 0.314. The van der Waals surface area contributed by atoms with E-state index in [0.717, 1.165) is 38.6 Å². The maximum absolute atomic E-state index is 6.30. The first-order valence-electron chi connectivity index (χ1n) is 10.5. The first-order valence-corrected chi connectivity index (χ1v) is 10.5. The Morgan fingerprint density at radius 3 is 2.93 bits per heavy atom. The Labute approximate surface area is 166 Å². The van der Waals surface area contributed by atoms with Gasteiger partial charge in [0.25, 0.3) is 0 Å². The summed E-state index contributed by atoms with van der Waals surface area (Å²) in [6.45, 7) is 9.49. The van der Waals surface area contributed by atoms with Crippen LogP contribution in [0.4, 0.5) is 0 Å². The summed E-state index contributed by atoms with van der Waals surface area (Å²) in [5.74, 6) is 1.07. The third kappa shape index (κ3) is 5.26. The van der Waals surface area contributed by atoms with Gasteiger partial charge >= 0.3 is 0 Å². The zero-order chi connectivity index (χ0) is 19.2. The van der Waals surface area contributed by atoms with Crippen LogP contribution in [0.3, 0.4) is 0 Å². The number of nitrogens with zero attached hydrogens (tertiary/aromatic N) is 2. The van der Waals surface area contributed by atoms with Crippen molar-refractivity contribution in [3.8, 4) is 5.75 Å². The highest BCUT2D eigenvalue weighted by Gasteiger charge is 2.31. The second kappa shape index (κ2) is 9.92. The van der Waals surface area contributed by atoms with Crippen molar-refractivity contribution < 1.29 is 4.74 Å². The average molecular weight is 371 g/mol. The number of hydrogen-bond donors (Lipinski definition) is 2. The van der Waals surface area contributed by atoms with E-state index in [0.29, 0.717) is 12.3 Å². The van der Waals surface area contributed by atoms with E-state index in [2.05, 4.69) is 60.7 Å². The van der Waals surface area contributed by atoms with Crippen molar-refractivity contribution in [2.24, 2.45) is 0 Å². The topological polar surface area (TPSA) is 39.8 Å². The number of likely N-dealkylation sites (N-methyl/N-ethyl adjacent to an activating group) is 2. The highest BCUT2D eigenvalue weighted by Crippen LogP contribution is 2.24. The van der Waals surface area contributed by atoms with Crippen molar-refractivity contribution in [2.45, 2.75) is 51.7 Å². The van der Waals surface area contributed by atoms with Gasteiger partial charge < -0.3 is 15.4 Å². The highest BCUT2D eigenvalue weighted by molar-refractivity contribution is 6.56. The van der Waals surface area contributed by atoms with Crippen LogP contribution in [0.1, 0.15) is 30.9 Å². The number of aryl methyl sites for hydroxylation is 1. The molecule has 1 aromatic carbocycles. The van der Waals surface area contributed by atoms with Gasteiger partial charge in [-0.25, -0.2) is 0 Å². The Morgan fingerprint density at radius 2 is 2.19 bits per heavy atom. The Morgan fingerprint density at radius 1 is 1.37 bits per heavy atom. The third-order valence-corrected chi connectivity index (χ3v) is 5.90. The van der Waals surface area contributed by atoms with Crippen LogP contribution in [-0.2, 0) is 6.42 Å². The van der Waals surface area contributed by atoms with Gasteiger partial charge in [0.15, 0.2) is 7.28 Å². The van der Waals surface area contributed by atoms with Crippen LogP contribution in [0, 0.1) is 6.92 Å². The molecule has 27 heavy (non-hydrogen) atoms. The molecule has 2 aliphatic heterocycles. The summed E-state index contributed by atoms with van der Waals surface area (Å²) in [4.78, 5) is 4.83. The SMILES string of the molecule is CCCCNCN(C)C(CN1CC(Oc2ccc3c(c2C)[B]CC3)C1)NC. The lowest BCUT2D eigenvalue weighted by atomic mass is 9.70. The molecule has 1 atom stereocenters. The normalized spacial score (nSPS) is 18.3. The Balaban J connectivity index is 1.41. The van der Waals surface area contributed by atoms with E-state index in [4.69, 9.17) is 4.74 Å². The van der Waals surface area contributed by atoms with E-state index in [1.165, 1.54) is 42.2 Å². The number of benzene rings is 1. The molecule has 0 aromatic heterocycles. The predicted molar refractivity (Wildman–Crippen MR) is 114 cm³/mol. The zero-order valence-corrected chi connectivity index (χ0v) is 17.6. The van der Waals surface area contributed by atoms with Crippen LogP contribution >= 0.6 is 0 Å². The smallest absolute Gasteiger partial charge is 0.152 e. The van der Waals surface area contributed by atoms with Crippen molar-refractivity contribution in [2.75, 3.05) is 46.9 Å². The summed E-state index contributed by atoms with van der Waals surface area (Å²) in [5, 5.41) is 6.96. The molecule has 2 heterocycles. The zero-order valence-electron chi connectivity index (χ0n) is 17.6. The lowest BCUT2D eigenvalue weighted by Crippen LogP contribution is -2.60. The Hall–Kier alpha value is -1.08. The number of rotatable bonds is 11. The summed E-state index contributed by atoms with van der Waals surface area (Å²) in [7, 11) is 6.58. The molecule has 0 saturated carbocycles. The molecule has 1 radical (unpaired) electrons. The molecule has 0 aliphatic carbocycles. The molecule has 1 aromatic rings. The van der Waals surface area contributed by atoms with Gasteiger partial charge in [0, 0.05) is 26.3 Å². The van der Waals surface area contributed by atoms with Crippen molar-refractivity contribution in [3.63, 3.8) is 0 Å². The van der Waals surface area contributed by atoms with E-state index >= 15 is 0 Å². The van der Waals surface area contributed by atoms with Crippen LogP contribution in [-0.4, -0.2) is 76.3 Å². The summed E-state index contributed by atoms with van der Waals surface area (Å²) in [5.41, 5.74) is 4.20. The molecule has 6 heteroatoms. The standard InChI is InChI=1S/C21H36BN4O/c1-5-6-11-24-15-25(4)20(23-3)14-26-12-18(13-26)27-19-8-7-17-9-10-22-21(17)16(19)2/h7-8,18,20,23-24H,5-6,9-15H2,1-4H3. The van der Waals surface area contributed by atoms with Crippen LogP contribution < -0.4 is 20.8 Å². The number of hydrogen-bond acceptors (Lipinski definition) is 5. The second-order valence-corrected chi connectivity index (χ2v) is 8.04. The minimum Gasteiger partial charge on any atom is -0.488 e. The van der Waals surface area contributed by atoms with Gasteiger partial charge in [0.2, 0.25) is 0 Å². The van der Waals surface area contributed by atoms with Crippen LogP contribution in [0.15, 0.2) is 12.1 Å². The second-order valence-electron chi connectivity index (χ2n) is 8.04. The van der Waals surface area contributed by atoms with E-state index in [9.17, 15) is 0 Å². The largest absolute Gasteiger partial charge is 0.488 e. The molecule has 5 nitrogen and oxygen atoms in total. The molecule has 2 N–H and O–H groups in total. The van der Waals surface area contributed by atoms with Crippen molar-refractivity contribution in [1.82, 2.24) is 20.4 Å². The quantitative estimate of drug-likeness (QED) is 0.347. The maximum atomic E-state index is 6.30. The number of ether oxygens (including phenoxy) is 1. The molecule has 149 valence electrons. The number of nitrogens with one attached hydrogen (secondary N) is 2. The maximum Gasteiger partial charge on any atom is 0.152 e. The number of unbranched alkanes of at least 4 members (excludes halogenated alkanes) is 1. The van der Waals surface area contributed by atoms with Crippen LogP contribution in [0.25, 0.3) is 0 Å². The lowest BCUT2D eigenvalue weighted by Gasteiger charge is -2.42. The molecular weight excluding hydrogens is 335 g/mol. The molecule has 3 rings (SSSR count). The van der Waals surface area contributed by atoms with Gasteiger partial charge in [-0.05, 0) is 52.0 Å². The predicted octanol–water partition coefficient (Wildman–Crippen LogP) is 1.19. The Kier molecular flexibility index (Phi) is 7.59. The van der Waals surface area contributed by atoms with Gasteiger partial charge in [-0.15, -0.1) is 0 Å². The molecule has 1 saturated heterocycles. The van der Waals surface area contributed by atoms with Gasteiger partial charge in [-0.1, -0.05) is 36.8 Å². The fourth-order valence-electron chi connectivity index (χ4n) is 4.06. The van der Waals surface area contributed by atoms with Gasteiger partial charge in [-0.3, -0.25) is 9.80 Å². The first kappa shape index (κ1) is 20.7. The van der Waals surface area contributed by atoms with Gasteiger partial charge in [0.1, 0.15) is 11.9 Å². The first-order chi connectivity index (χ1) is 13.1. The molecule has 2 aliphatic rings. The summed E-state index contributed by atoms with van der Waals surface area (Å²) in [6, 6.07) is 4.41. The minimum absolute atomic E-state index is 0.314. The molecule has 1 fully saturated rings. The van der Waals surface area contributed by atoms with Crippen molar-refractivity contribution in [3.05, 3.63) is 23.3 Å². The molecule has 0 amide bonds. The lowest BCUT2D eigenvalue weighted by molar-refractivity contribution is -0.000966. The molecule has 1 unspecified atom stereocenters. The van der Waals surface area contributed by atoms with Crippen LogP contribution in [0.2, 0.25) is 6.32 Å². The van der Waals surface area contributed by atoms with E-state index in [-0.39, 0.29) is 0 Å². The summed E-state index contributed by atoms with van der Waals surface area (Å²) >= 11 is 0. The number of fused-ring (bicyclic) bond motifs is 1. The van der Waals surface area contributed by atoms with Crippen molar-refractivity contribution in [1.29, 1.82) is 0 Å². The van der Waals surface area contributed by atoms with E-state index in [1.54, 1.807) is 0 Å². The number of likely N-dealkylation sites (tertiary alicyclic amines) is 1. The van der Waals surface area contributed by atoms with Crippen molar-refractivity contribution >= 4 is 12.7 Å². The Bertz CT molecular complexity index is 606. The fourth-order valence-corrected chi connectivity index (χ4v) is 4.06.